The Kier molecular flexibility index (Phi) is 3.04. The summed E-state index contributed by atoms with van der Waals surface area (Å²) in [4.78, 5) is 0. The predicted molar refractivity (Wildman–Crippen MR) is 98.9 cm³/mol. The molecule has 2 aliphatic rings. The first-order chi connectivity index (χ1) is 9.25. The quantitative estimate of drug-likeness (QED) is 0.444. The highest BCUT2D eigenvalue weighted by Crippen LogP contribution is 2.92. The van der Waals surface area contributed by atoms with Gasteiger partial charge >= 0.3 is 0 Å². The zero-order valence-electron chi connectivity index (χ0n) is 18.0. The van der Waals surface area contributed by atoms with Crippen LogP contribution in [0, 0.1) is 43.3 Å². The van der Waals surface area contributed by atoms with Crippen molar-refractivity contribution >= 4 is 0 Å². The first-order valence-corrected chi connectivity index (χ1v) is 9.25. The van der Waals surface area contributed by atoms with Crippen molar-refractivity contribution in [3.8, 4) is 0 Å². The largest absolute Gasteiger partial charge is 0.0588 e. The normalized spacial score (nSPS) is 45.5. The van der Waals surface area contributed by atoms with E-state index in [1.54, 1.807) is 0 Å². The van der Waals surface area contributed by atoms with Gasteiger partial charge in [-0.15, -0.1) is 0 Å². The Morgan fingerprint density at radius 3 is 0.636 bits per heavy atom. The van der Waals surface area contributed by atoms with Crippen molar-refractivity contribution in [1.29, 1.82) is 0 Å². The Morgan fingerprint density at radius 2 is 0.409 bits per heavy atom. The highest BCUT2D eigenvalue weighted by molar-refractivity contribution is 5.34. The molecule has 2 bridgehead atoms. The van der Waals surface area contributed by atoms with Gasteiger partial charge in [0, 0.05) is 0 Å². The van der Waals surface area contributed by atoms with Gasteiger partial charge in [-0.1, -0.05) is 96.9 Å². The molecule has 2 rings (SSSR count). The van der Waals surface area contributed by atoms with Gasteiger partial charge in [-0.3, -0.25) is 0 Å². The smallest absolute Gasteiger partial charge is 0.0156 e. The van der Waals surface area contributed by atoms with Gasteiger partial charge < -0.3 is 0 Å². The molecule has 2 aliphatic carbocycles. The van der Waals surface area contributed by atoms with Crippen molar-refractivity contribution in [3.05, 3.63) is 0 Å². The minimum Gasteiger partial charge on any atom is -0.0588 e. The first kappa shape index (κ1) is 18.3. The summed E-state index contributed by atoms with van der Waals surface area (Å²) < 4.78 is 0. The van der Waals surface area contributed by atoms with Gasteiger partial charge in [0.15, 0.2) is 0 Å². The number of hydrogen-bond donors (Lipinski definition) is 0. The average Bonchev–Trinajstić information content (AvgIpc) is 2.37. The Morgan fingerprint density at radius 1 is 0.227 bits per heavy atom. The number of fused-ring (bicyclic) bond motifs is 2. The summed E-state index contributed by atoms with van der Waals surface area (Å²) in [5.41, 5.74) is 2.13. The van der Waals surface area contributed by atoms with E-state index < -0.39 is 0 Å². The molecule has 2 saturated carbocycles. The molecule has 0 nitrogen and oxygen atoms in total. The van der Waals surface area contributed by atoms with Crippen molar-refractivity contribution in [3.63, 3.8) is 0 Å². The van der Waals surface area contributed by atoms with Gasteiger partial charge in [-0.25, -0.2) is 0 Å². The molecule has 2 fully saturated rings. The van der Waals surface area contributed by atoms with Crippen LogP contribution in [0.25, 0.3) is 0 Å². The summed E-state index contributed by atoms with van der Waals surface area (Å²) in [6.07, 6.45) is 0. The van der Waals surface area contributed by atoms with Crippen LogP contribution in [-0.2, 0) is 0 Å². The fourth-order valence-corrected chi connectivity index (χ4v) is 8.47. The fraction of sp³-hybridized carbons (Fsp3) is 1.00. The van der Waals surface area contributed by atoms with Crippen LogP contribution in [0.5, 0.6) is 0 Å². The average molecular weight is 307 g/mol. The van der Waals surface area contributed by atoms with Crippen LogP contribution >= 0.6 is 0 Å². The molecule has 0 aliphatic heterocycles. The van der Waals surface area contributed by atoms with Crippen molar-refractivity contribution in [2.75, 3.05) is 0 Å². The molecule has 2 atom stereocenters. The molecular formula is C22H42. The summed E-state index contributed by atoms with van der Waals surface area (Å²) in [5.74, 6) is 0. The monoisotopic (exact) mass is 306 g/mol. The van der Waals surface area contributed by atoms with Gasteiger partial charge in [0.05, 0.1) is 0 Å². The van der Waals surface area contributed by atoms with Gasteiger partial charge in [0.2, 0.25) is 0 Å². The topological polar surface area (TPSA) is 0 Å². The van der Waals surface area contributed by atoms with Gasteiger partial charge in [-0.2, -0.15) is 0 Å². The van der Waals surface area contributed by atoms with E-state index in [0.29, 0.717) is 0 Å². The lowest BCUT2D eigenvalue weighted by Crippen LogP contribution is -2.70. The van der Waals surface area contributed by atoms with E-state index in [1.807, 2.05) is 0 Å². The molecule has 0 spiro atoms. The van der Waals surface area contributed by atoms with E-state index in [2.05, 4.69) is 96.9 Å². The third-order valence-electron chi connectivity index (χ3n) is 12.2. The number of rotatable bonds is 0. The lowest BCUT2D eigenvalue weighted by atomic mass is 9.29. The SMILES string of the molecule is CC1(C)C(C)(C)C2(C)C(C)(C)C(C)(C)C(C)(C1(C)C)C2(C)C. The summed E-state index contributed by atoms with van der Waals surface area (Å²) in [5, 5.41) is 0. The van der Waals surface area contributed by atoms with E-state index in [0.717, 1.165) is 0 Å². The molecule has 130 valence electrons. The van der Waals surface area contributed by atoms with Crippen LogP contribution in [0.2, 0.25) is 0 Å². The van der Waals surface area contributed by atoms with Crippen LogP contribution in [0.15, 0.2) is 0 Å². The van der Waals surface area contributed by atoms with Gasteiger partial charge in [-0.05, 0) is 43.3 Å². The first-order valence-electron chi connectivity index (χ1n) is 9.25. The highest BCUT2D eigenvalue weighted by atomic mass is 14.9. The van der Waals surface area contributed by atoms with Crippen LogP contribution in [-0.4, -0.2) is 0 Å². The molecule has 0 saturated heterocycles. The fourth-order valence-electron chi connectivity index (χ4n) is 8.47. The minimum absolute atomic E-state index is 0.254. The Balaban J connectivity index is 3.11. The maximum absolute atomic E-state index is 2.61. The van der Waals surface area contributed by atoms with Crippen LogP contribution in [0.1, 0.15) is 96.9 Å². The molecule has 0 N–H and O–H groups in total. The minimum atomic E-state index is 0.254. The molecule has 0 aromatic heterocycles. The molecule has 0 aromatic carbocycles. The number of hydrogen-bond acceptors (Lipinski definition) is 0. The van der Waals surface area contributed by atoms with Gasteiger partial charge in [0.1, 0.15) is 0 Å². The van der Waals surface area contributed by atoms with E-state index in [1.165, 1.54) is 0 Å². The third-order valence-corrected chi connectivity index (χ3v) is 12.2. The zero-order chi connectivity index (χ0) is 18.0. The molecule has 0 heteroatoms. The van der Waals surface area contributed by atoms with Crippen molar-refractivity contribution in [2.24, 2.45) is 43.3 Å². The van der Waals surface area contributed by atoms with Crippen molar-refractivity contribution in [1.82, 2.24) is 0 Å². The van der Waals surface area contributed by atoms with Crippen LogP contribution < -0.4 is 0 Å². The zero-order valence-corrected chi connectivity index (χ0v) is 18.0. The lowest BCUT2D eigenvalue weighted by Gasteiger charge is -2.75. The molecule has 0 radical (unpaired) electrons. The third kappa shape index (κ3) is 1.10. The van der Waals surface area contributed by atoms with Gasteiger partial charge in [0.25, 0.3) is 0 Å². The molecule has 0 aromatic rings. The molecule has 0 amide bonds. The Bertz CT molecular complexity index is 468. The second-order valence-electron chi connectivity index (χ2n) is 12.0. The Hall–Kier alpha value is 0. The maximum Gasteiger partial charge on any atom is -0.0156 e. The van der Waals surface area contributed by atoms with E-state index in [9.17, 15) is 0 Å². The Labute approximate surface area is 140 Å². The maximum atomic E-state index is 2.61. The molecule has 0 heterocycles. The van der Waals surface area contributed by atoms with Crippen molar-refractivity contribution < 1.29 is 0 Å². The molecular weight excluding hydrogens is 264 g/mol. The van der Waals surface area contributed by atoms with Crippen molar-refractivity contribution in [2.45, 2.75) is 96.9 Å². The molecule has 2 unspecified atom stereocenters. The van der Waals surface area contributed by atoms with E-state index >= 15 is 0 Å². The molecule has 22 heavy (non-hydrogen) atoms. The lowest BCUT2D eigenvalue weighted by molar-refractivity contribution is -0.276. The van der Waals surface area contributed by atoms with Crippen LogP contribution in [0.4, 0.5) is 0 Å². The van der Waals surface area contributed by atoms with E-state index in [4.69, 9.17) is 0 Å². The second kappa shape index (κ2) is 3.65. The summed E-state index contributed by atoms with van der Waals surface area (Å²) in [7, 11) is 0. The summed E-state index contributed by atoms with van der Waals surface area (Å²) in [6, 6.07) is 0. The summed E-state index contributed by atoms with van der Waals surface area (Å²) in [6.45, 7) is 35.9. The van der Waals surface area contributed by atoms with Crippen LogP contribution in [0.3, 0.4) is 0 Å². The van der Waals surface area contributed by atoms with E-state index in [-0.39, 0.29) is 43.3 Å². The second-order valence-corrected chi connectivity index (χ2v) is 12.0. The summed E-state index contributed by atoms with van der Waals surface area (Å²) >= 11 is 0. The predicted octanol–water partition coefficient (Wildman–Crippen LogP) is 7.18. The highest BCUT2D eigenvalue weighted by Gasteiger charge is 2.87. The standard InChI is InChI=1S/C22H42/c1-15(2)16(3,4)21(13)18(7,8)19(9,10)22(14,17(15,5)6)20(21,11)12/h1-14H3.